The van der Waals surface area contributed by atoms with Crippen LogP contribution in [0.3, 0.4) is 0 Å². The number of likely N-dealkylation sites (N-methyl/N-ethyl adjacent to an activating group) is 1. The number of nitrogens with zero attached hydrogens (tertiary/aromatic N) is 5. The van der Waals surface area contributed by atoms with E-state index in [-0.39, 0.29) is 15.4 Å². The molecule has 3 heterocycles. The summed E-state index contributed by atoms with van der Waals surface area (Å²) in [6, 6.07) is 11.9. The van der Waals surface area contributed by atoms with Crippen LogP contribution in [0.5, 0.6) is 0 Å². The molecule has 0 aliphatic carbocycles. The van der Waals surface area contributed by atoms with Gasteiger partial charge in [0.25, 0.3) is 10.0 Å². The smallest absolute Gasteiger partial charge is 0.273 e. The largest absolute Gasteiger partial charge is 0.529 e. The standard InChI is InChI=1S/C25H23ClFN5O4S2/c1-30(18-7-9-31(13-18)12-17-5-2-4-16-6-3-8-28-24(16)17)21-11-20(27)22(10-19(21)26)38(35,36)32(25(33)34)23-14-37-15-29-23/h2-6,8,10-11,14-15,18H,7,9,12-13H2,1H3,(H,33,34)/p-1/t18-/m0/s1. The Labute approximate surface area is 227 Å². The van der Waals surface area contributed by atoms with Crippen molar-refractivity contribution in [1.82, 2.24) is 14.9 Å². The number of likely N-dealkylation sites (tertiary alicyclic amines) is 1. The number of carbonyl (C=O) groups excluding carboxylic acids is 1. The summed E-state index contributed by atoms with van der Waals surface area (Å²) in [6.45, 7) is 2.19. The number of amides is 1. The fraction of sp³-hybridized carbons (Fsp3) is 0.240. The van der Waals surface area contributed by atoms with E-state index >= 15 is 4.39 Å². The highest BCUT2D eigenvalue weighted by atomic mass is 35.5. The van der Waals surface area contributed by atoms with Crippen molar-refractivity contribution in [2.24, 2.45) is 0 Å². The summed E-state index contributed by atoms with van der Waals surface area (Å²) in [7, 11) is -3.11. The number of hydrogen-bond donors (Lipinski definition) is 0. The van der Waals surface area contributed by atoms with Crippen LogP contribution < -0.4 is 14.3 Å². The van der Waals surface area contributed by atoms with E-state index in [1.54, 1.807) is 13.2 Å². The van der Waals surface area contributed by atoms with Gasteiger partial charge in [0.15, 0.2) is 11.9 Å². The molecule has 1 fully saturated rings. The maximum Gasteiger partial charge on any atom is 0.273 e. The lowest BCUT2D eigenvalue weighted by Gasteiger charge is -2.29. The zero-order valence-corrected chi connectivity index (χ0v) is 22.5. The molecule has 0 saturated carbocycles. The third-order valence-electron chi connectivity index (χ3n) is 6.60. The van der Waals surface area contributed by atoms with E-state index in [1.807, 2.05) is 29.2 Å². The van der Waals surface area contributed by atoms with Crippen LogP contribution in [0.2, 0.25) is 5.02 Å². The molecule has 13 heteroatoms. The average molecular weight is 575 g/mol. The quantitative estimate of drug-likeness (QED) is 0.328. The van der Waals surface area contributed by atoms with Crippen LogP contribution in [-0.4, -0.2) is 55.6 Å². The van der Waals surface area contributed by atoms with E-state index in [4.69, 9.17) is 11.6 Å². The number of carboxylic acid groups (broad SMARTS) is 1. The highest BCUT2D eigenvalue weighted by Gasteiger charge is 2.33. The number of anilines is 2. The Bertz CT molecular complexity index is 1600. The number of aromatic nitrogens is 2. The number of sulfonamides is 1. The van der Waals surface area contributed by atoms with E-state index < -0.39 is 32.6 Å². The molecule has 2 aromatic carbocycles. The first-order valence-electron chi connectivity index (χ1n) is 11.6. The van der Waals surface area contributed by atoms with Gasteiger partial charge in [-0.3, -0.25) is 9.88 Å². The molecule has 0 spiro atoms. The third kappa shape index (κ3) is 4.92. The lowest BCUT2D eigenvalue weighted by atomic mass is 10.1. The van der Waals surface area contributed by atoms with Crippen molar-refractivity contribution in [3.8, 4) is 0 Å². The van der Waals surface area contributed by atoms with E-state index in [9.17, 15) is 18.3 Å². The molecular weight excluding hydrogens is 553 g/mol. The topological polar surface area (TPSA) is 110 Å². The van der Waals surface area contributed by atoms with Gasteiger partial charge in [-0.05, 0) is 24.1 Å². The molecule has 9 nitrogen and oxygen atoms in total. The Balaban J connectivity index is 1.36. The first-order chi connectivity index (χ1) is 18.2. The van der Waals surface area contributed by atoms with Crippen LogP contribution in [0.15, 0.2) is 64.4 Å². The van der Waals surface area contributed by atoms with Crippen LogP contribution in [0.1, 0.15) is 12.0 Å². The summed E-state index contributed by atoms with van der Waals surface area (Å²) in [5.74, 6) is -1.53. The molecule has 1 saturated heterocycles. The van der Waals surface area contributed by atoms with E-state index in [2.05, 4.69) is 20.9 Å². The minimum atomic E-state index is -4.88. The van der Waals surface area contributed by atoms with E-state index in [0.717, 1.165) is 52.9 Å². The second kappa shape index (κ2) is 10.4. The molecule has 0 N–H and O–H groups in total. The van der Waals surface area contributed by atoms with Crippen LogP contribution >= 0.6 is 22.9 Å². The Hall–Kier alpha value is -3.32. The summed E-state index contributed by atoms with van der Waals surface area (Å²) in [5, 5.41) is 13.9. The molecule has 0 bridgehead atoms. The van der Waals surface area contributed by atoms with Crippen molar-refractivity contribution in [3.63, 3.8) is 0 Å². The molecule has 1 aliphatic rings. The number of thiazole rings is 1. The molecule has 4 aromatic rings. The van der Waals surface area contributed by atoms with Gasteiger partial charge < -0.3 is 14.8 Å². The highest BCUT2D eigenvalue weighted by Crippen LogP contribution is 2.35. The zero-order chi connectivity index (χ0) is 27.0. The first kappa shape index (κ1) is 26.3. The minimum Gasteiger partial charge on any atom is -0.529 e. The van der Waals surface area contributed by atoms with Crippen molar-refractivity contribution in [2.75, 3.05) is 29.3 Å². The van der Waals surface area contributed by atoms with E-state index in [1.165, 1.54) is 10.9 Å². The second-order valence-corrected chi connectivity index (χ2v) is 11.8. The minimum absolute atomic E-state index is 0.00739. The van der Waals surface area contributed by atoms with Gasteiger partial charge >= 0.3 is 0 Å². The number of rotatable bonds is 7. The molecule has 5 rings (SSSR count). The molecular formula is C25H22ClFN5O4S2-. The van der Waals surface area contributed by atoms with E-state index in [0.29, 0.717) is 18.8 Å². The average Bonchev–Trinajstić information content (AvgIpc) is 3.57. The van der Waals surface area contributed by atoms with Crippen molar-refractivity contribution in [1.29, 1.82) is 0 Å². The number of fused-ring (bicyclic) bond motifs is 1. The maximum atomic E-state index is 15.2. The van der Waals surface area contributed by atoms with Crippen LogP contribution in [-0.2, 0) is 16.6 Å². The predicted octanol–water partition coefficient (Wildman–Crippen LogP) is 3.73. The third-order valence-corrected chi connectivity index (χ3v) is 9.16. The first-order valence-corrected chi connectivity index (χ1v) is 14.3. The normalized spacial score (nSPS) is 16.1. The summed E-state index contributed by atoms with van der Waals surface area (Å²) in [5.41, 5.74) is 3.62. The number of carbonyl (C=O) groups is 1. The molecule has 198 valence electrons. The number of halogens is 2. The summed E-state index contributed by atoms with van der Waals surface area (Å²) < 4.78 is 41.2. The fourth-order valence-electron chi connectivity index (χ4n) is 4.71. The SMILES string of the molecule is CN(c1cc(F)c(S(=O)(=O)N(C(=O)[O-])c2cscn2)cc1Cl)[C@H]1CCN(Cc2cccc3cccnc23)C1. The Morgan fingerprint density at radius 2 is 2.05 bits per heavy atom. The number of benzene rings is 2. The van der Waals surface area contributed by atoms with Gasteiger partial charge in [0, 0.05) is 55.8 Å². The summed E-state index contributed by atoms with van der Waals surface area (Å²) in [4.78, 5) is 23.1. The predicted molar refractivity (Wildman–Crippen MR) is 142 cm³/mol. The van der Waals surface area contributed by atoms with Gasteiger partial charge in [0.1, 0.15) is 10.7 Å². The Kier molecular flexibility index (Phi) is 7.23. The monoisotopic (exact) mass is 574 g/mol. The molecule has 1 atom stereocenters. The lowest BCUT2D eigenvalue weighted by molar-refractivity contribution is -0.244. The molecule has 2 aromatic heterocycles. The van der Waals surface area contributed by atoms with Gasteiger partial charge in [0.05, 0.1) is 21.7 Å². The van der Waals surface area contributed by atoms with Crippen LogP contribution in [0.4, 0.5) is 20.7 Å². The molecule has 0 unspecified atom stereocenters. The number of pyridine rings is 1. The number of hydrogen-bond acceptors (Lipinski definition) is 9. The zero-order valence-electron chi connectivity index (χ0n) is 20.1. The highest BCUT2D eigenvalue weighted by molar-refractivity contribution is 7.93. The summed E-state index contributed by atoms with van der Waals surface area (Å²) >= 11 is 7.41. The van der Waals surface area contributed by atoms with Crippen molar-refractivity contribution in [3.05, 3.63) is 76.0 Å². The Morgan fingerprint density at radius 3 is 2.79 bits per heavy atom. The van der Waals surface area contributed by atoms with Crippen molar-refractivity contribution in [2.45, 2.75) is 23.9 Å². The second-order valence-electron chi connectivity index (χ2n) is 8.90. The van der Waals surface area contributed by atoms with Crippen LogP contribution in [0.25, 0.3) is 10.9 Å². The number of para-hydroxylation sites is 1. The maximum absolute atomic E-state index is 15.2. The lowest BCUT2D eigenvalue weighted by Crippen LogP contribution is -2.45. The fourth-order valence-corrected chi connectivity index (χ4v) is 6.97. The Morgan fingerprint density at radius 1 is 1.26 bits per heavy atom. The summed E-state index contributed by atoms with van der Waals surface area (Å²) in [6.07, 6.45) is 0.505. The van der Waals surface area contributed by atoms with Gasteiger partial charge in [-0.2, -0.15) is 0 Å². The van der Waals surface area contributed by atoms with Gasteiger partial charge in [-0.1, -0.05) is 35.9 Å². The molecule has 1 amide bonds. The van der Waals surface area contributed by atoms with Gasteiger partial charge in [0.2, 0.25) is 0 Å². The van der Waals surface area contributed by atoms with Crippen molar-refractivity contribution < 1.29 is 22.7 Å². The van der Waals surface area contributed by atoms with Crippen molar-refractivity contribution >= 4 is 61.5 Å². The molecule has 1 aliphatic heterocycles. The molecule has 0 radical (unpaired) electrons. The van der Waals surface area contributed by atoms with Crippen LogP contribution in [0, 0.1) is 5.82 Å². The van der Waals surface area contributed by atoms with Gasteiger partial charge in [-0.15, -0.1) is 11.3 Å². The molecule has 38 heavy (non-hydrogen) atoms. The van der Waals surface area contributed by atoms with Gasteiger partial charge in [-0.25, -0.2) is 22.1 Å².